The average Bonchev–Trinajstić information content (AvgIpc) is 3.29. The van der Waals surface area contributed by atoms with Gasteiger partial charge in [0.1, 0.15) is 0 Å². The van der Waals surface area contributed by atoms with Crippen LogP contribution in [-0.4, -0.2) is 15.0 Å². The Hall–Kier alpha value is -7.49. The molecule has 0 saturated heterocycles. The maximum Gasteiger partial charge on any atom is 0.164 e. The largest absolute Gasteiger partial charge is 0.208 e. The Morgan fingerprint density at radius 1 is 0.196 bits per heavy atom. The zero-order chi connectivity index (χ0) is 37.3. The smallest absolute Gasteiger partial charge is 0.164 e. The van der Waals surface area contributed by atoms with E-state index in [4.69, 9.17) is 15.0 Å². The summed E-state index contributed by atoms with van der Waals surface area (Å²) in [7, 11) is 0. The predicted molar refractivity (Wildman–Crippen MR) is 233 cm³/mol. The maximum absolute atomic E-state index is 5.06. The summed E-state index contributed by atoms with van der Waals surface area (Å²) in [6.07, 6.45) is 0. The Morgan fingerprint density at radius 3 is 0.982 bits per heavy atom. The van der Waals surface area contributed by atoms with Gasteiger partial charge in [0.15, 0.2) is 17.5 Å². The number of rotatable bonds is 7. The van der Waals surface area contributed by atoms with Crippen molar-refractivity contribution >= 4 is 21.5 Å². The molecule has 262 valence electrons. The minimum absolute atomic E-state index is 0.634. The molecule has 0 aliphatic heterocycles. The van der Waals surface area contributed by atoms with E-state index in [-0.39, 0.29) is 0 Å². The van der Waals surface area contributed by atoms with E-state index in [0.717, 1.165) is 27.8 Å². The van der Waals surface area contributed by atoms with E-state index in [2.05, 4.69) is 176 Å². The van der Waals surface area contributed by atoms with Crippen LogP contribution in [0.15, 0.2) is 212 Å². The van der Waals surface area contributed by atoms with Gasteiger partial charge in [-0.25, -0.2) is 15.0 Å². The zero-order valence-corrected chi connectivity index (χ0v) is 30.5. The normalized spacial score (nSPS) is 11.2. The molecular formula is C53H35N3. The van der Waals surface area contributed by atoms with E-state index in [0.29, 0.717) is 17.5 Å². The third-order valence-corrected chi connectivity index (χ3v) is 10.6. The van der Waals surface area contributed by atoms with Crippen molar-refractivity contribution < 1.29 is 0 Å². The number of hydrogen-bond donors (Lipinski definition) is 0. The highest BCUT2D eigenvalue weighted by atomic mass is 15.0. The molecule has 9 aromatic carbocycles. The van der Waals surface area contributed by atoms with Gasteiger partial charge in [-0.3, -0.25) is 0 Å². The van der Waals surface area contributed by atoms with Crippen LogP contribution < -0.4 is 0 Å². The molecule has 0 aliphatic carbocycles. The second kappa shape index (κ2) is 14.4. The van der Waals surface area contributed by atoms with Crippen LogP contribution in [0.25, 0.3) is 100 Å². The van der Waals surface area contributed by atoms with E-state index in [1.807, 2.05) is 36.4 Å². The van der Waals surface area contributed by atoms with Crippen LogP contribution in [0.4, 0.5) is 0 Å². The Balaban J connectivity index is 1.10. The van der Waals surface area contributed by atoms with Crippen molar-refractivity contribution in [1.29, 1.82) is 0 Å². The average molecular weight is 714 g/mol. The van der Waals surface area contributed by atoms with Crippen LogP contribution >= 0.6 is 0 Å². The Labute approximate surface area is 326 Å². The lowest BCUT2D eigenvalue weighted by Crippen LogP contribution is -2.00. The topological polar surface area (TPSA) is 38.7 Å². The van der Waals surface area contributed by atoms with Gasteiger partial charge in [0, 0.05) is 16.7 Å². The number of fused-ring (bicyclic) bond motifs is 2. The van der Waals surface area contributed by atoms with E-state index in [1.54, 1.807) is 0 Å². The van der Waals surface area contributed by atoms with E-state index >= 15 is 0 Å². The van der Waals surface area contributed by atoms with Crippen LogP contribution in [0.3, 0.4) is 0 Å². The first-order valence-electron chi connectivity index (χ1n) is 18.9. The van der Waals surface area contributed by atoms with Crippen LogP contribution in [0.5, 0.6) is 0 Å². The van der Waals surface area contributed by atoms with Crippen molar-refractivity contribution in [2.75, 3.05) is 0 Å². The summed E-state index contributed by atoms with van der Waals surface area (Å²) >= 11 is 0. The van der Waals surface area contributed by atoms with E-state index in [9.17, 15) is 0 Å². The molecule has 0 unspecified atom stereocenters. The molecule has 0 radical (unpaired) electrons. The molecule has 10 rings (SSSR count). The lowest BCUT2D eigenvalue weighted by atomic mass is 9.84. The summed E-state index contributed by atoms with van der Waals surface area (Å²) in [6.45, 7) is 0. The number of hydrogen-bond acceptors (Lipinski definition) is 3. The van der Waals surface area contributed by atoms with Crippen molar-refractivity contribution in [1.82, 2.24) is 15.0 Å². The number of nitrogens with zero attached hydrogens (tertiary/aromatic N) is 3. The van der Waals surface area contributed by atoms with E-state index in [1.165, 1.54) is 54.9 Å². The Morgan fingerprint density at radius 2 is 0.500 bits per heavy atom. The quantitative estimate of drug-likeness (QED) is 0.154. The molecule has 56 heavy (non-hydrogen) atoms. The fraction of sp³-hybridized carbons (Fsp3) is 0. The fourth-order valence-electron chi connectivity index (χ4n) is 7.88. The van der Waals surface area contributed by atoms with Gasteiger partial charge in [-0.05, 0) is 66.1 Å². The molecular weight excluding hydrogens is 679 g/mol. The van der Waals surface area contributed by atoms with Crippen LogP contribution in [-0.2, 0) is 0 Å². The predicted octanol–water partition coefficient (Wildman–Crippen LogP) is 13.8. The first-order valence-corrected chi connectivity index (χ1v) is 18.9. The summed E-state index contributed by atoms with van der Waals surface area (Å²) in [5.74, 6) is 1.92. The van der Waals surface area contributed by atoms with Crippen molar-refractivity contribution in [3.63, 3.8) is 0 Å². The highest BCUT2D eigenvalue weighted by Crippen LogP contribution is 2.46. The third-order valence-electron chi connectivity index (χ3n) is 10.6. The highest BCUT2D eigenvalue weighted by Gasteiger charge is 2.19. The summed E-state index contributed by atoms with van der Waals surface area (Å²) in [5.41, 5.74) is 12.4. The molecule has 1 aromatic heterocycles. The molecule has 10 aromatic rings. The highest BCUT2D eigenvalue weighted by molar-refractivity contribution is 6.22. The molecule has 1 heterocycles. The van der Waals surface area contributed by atoms with Crippen LogP contribution in [0, 0.1) is 0 Å². The van der Waals surface area contributed by atoms with Gasteiger partial charge in [-0.15, -0.1) is 0 Å². The lowest BCUT2D eigenvalue weighted by Gasteiger charge is -2.19. The van der Waals surface area contributed by atoms with Gasteiger partial charge in [0.25, 0.3) is 0 Å². The molecule has 0 N–H and O–H groups in total. The monoisotopic (exact) mass is 713 g/mol. The summed E-state index contributed by atoms with van der Waals surface area (Å²) in [6, 6.07) is 74.8. The summed E-state index contributed by atoms with van der Waals surface area (Å²) in [5, 5.41) is 4.87. The van der Waals surface area contributed by atoms with Crippen molar-refractivity contribution in [3.8, 4) is 78.7 Å². The first kappa shape index (κ1) is 33.1. The fourth-order valence-corrected chi connectivity index (χ4v) is 7.88. The van der Waals surface area contributed by atoms with Crippen molar-refractivity contribution in [2.45, 2.75) is 0 Å². The molecule has 0 saturated carbocycles. The molecule has 0 atom stereocenters. The third kappa shape index (κ3) is 6.12. The lowest BCUT2D eigenvalue weighted by molar-refractivity contribution is 1.07. The number of benzene rings is 9. The van der Waals surface area contributed by atoms with Crippen LogP contribution in [0.2, 0.25) is 0 Å². The standard InChI is InChI=1S/C53H35N3/c1-4-16-36(17-5-1)37-28-32-41(33-29-37)52-54-51(40-20-8-3-9-21-40)55-53(56-52)42-34-30-39(31-35-42)49-45-24-12-14-26-47(45)50(48-27-15-13-25-46(48)49)44-23-11-10-22-43(44)38-18-6-2-7-19-38/h1-35H. The molecule has 0 bridgehead atoms. The molecule has 3 heteroatoms. The zero-order valence-electron chi connectivity index (χ0n) is 30.5. The molecule has 0 fully saturated rings. The molecule has 0 aliphatic rings. The second-order valence-corrected chi connectivity index (χ2v) is 13.9. The molecule has 0 spiro atoms. The van der Waals surface area contributed by atoms with Gasteiger partial charge in [-0.2, -0.15) is 0 Å². The molecule has 3 nitrogen and oxygen atoms in total. The minimum atomic E-state index is 0.634. The van der Waals surface area contributed by atoms with Gasteiger partial charge >= 0.3 is 0 Å². The Kier molecular flexibility index (Phi) is 8.51. The summed E-state index contributed by atoms with van der Waals surface area (Å²) in [4.78, 5) is 15.1. The van der Waals surface area contributed by atoms with E-state index < -0.39 is 0 Å². The van der Waals surface area contributed by atoms with Gasteiger partial charge in [0.2, 0.25) is 0 Å². The SMILES string of the molecule is c1ccc(-c2ccc(-c3nc(-c4ccccc4)nc(-c4ccc(-c5c6ccccc6c(-c6ccccc6-c6ccccc6)c6ccccc56)cc4)n3)cc2)cc1. The van der Waals surface area contributed by atoms with Gasteiger partial charge in [0.05, 0.1) is 0 Å². The van der Waals surface area contributed by atoms with Crippen molar-refractivity contribution in [3.05, 3.63) is 212 Å². The minimum Gasteiger partial charge on any atom is -0.208 e. The first-order chi connectivity index (χ1) is 27.8. The van der Waals surface area contributed by atoms with Crippen molar-refractivity contribution in [2.24, 2.45) is 0 Å². The molecule has 0 amide bonds. The van der Waals surface area contributed by atoms with Crippen LogP contribution in [0.1, 0.15) is 0 Å². The Bertz CT molecular complexity index is 2920. The van der Waals surface area contributed by atoms with Gasteiger partial charge in [-0.1, -0.05) is 212 Å². The maximum atomic E-state index is 5.06. The summed E-state index contributed by atoms with van der Waals surface area (Å²) < 4.78 is 0. The second-order valence-electron chi connectivity index (χ2n) is 13.9. The van der Waals surface area contributed by atoms with Gasteiger partial charge < -0.3 is 0 Å². The number of aromatic nitrogens is 3.